The zero-order valence-corrected chi connectivity index (χ0v) is 8.05. The highest BCUT2D eigenvalue weighted by Crippen LogP contribution is 2.16. The molecule has 1 aliphatic rings. The first-order chi connectivity index (χ1) is 7.27. The van der Waals surface area contributed by atoms with Gasteiger partial charge in [0.1, 0.15) is 6.20 Å². The van der Waals surface area contributed by atoms with Crippen LogP contribution in [0.5, 0.6) is 0 Å². The number of pyridine rings is 1. The summed E-state index contributed by atoms with van der Waals surface area (Å²) in [4.78, 5) is 14.0. The lowest BCUT2D eigenvalue weighted by Crippen LogP contribution is -2.35. The van der Waals surface area contributed by atoms with Gasteiger partial charge in [-0.25, -0.2) is 0 Å². The van der Waals surface area contributed by atoms with Crippen LogP contribution in [0, 0.1) is 10.1 Å². The van der Waals surface area contributed by atoms with Gasteiger partial charge in [0.2, 0.25) is 0 Å². The van der Waals surface area contributed by atoms with Gasteiger partial charge in [0, 0.05) is 12.6 Å². The van der Waals surface area contributed by atoms with Gasteiger partial charge in [0.05, 0.1) is 29.9 Å². The summed E-state index contributed by atoms with van der Waals surface area (Å²) in [5, 5.41) is 13.6. The molecule has 1 unspecified atom stereocenters. The molecule has 0 saturated carbocycles. The van der Waals surface area contributed by atoms with E-state index < -0.39 is 4.92 Å². The third kappa shape index (κ3) is 2.28. The van der Waals surface area contributed by atoms with Gasteiger partial charge < -0.3 is 10.1 Å². The van der Waals surface area contributed by atoms with Gasteiger partial charge in [-0.05, 0) is 6.07 Å². The first-order valence-corrected chi connectivity index (χ1v) is 4.69. The third-order valence-corrected chi connectivity index (χ3v) is 2.26. The molecule has 0 aromatic carbocycles. The Hall–Kier alpha value is -1.53. The molecule has 2 heterocycles. The summed E-state index contributed by atoms with van der Waals surface area (Å²) in [5.74, 6) is 0. The van der Waals surface area contributed by atoms with Crippen molar-refractivity contribution in [1.82, 2.24) is 10.3 Å². The molecular formula is C9H11N3O3. The second-order valence-corrected chi connectivity index (χ2v) is 3.28. The number of hydrogen-bond donors (Lipinski definition) is 1. The smallest absolute Gasteiger partial charge is 0.287 e. The molecule has 0 aliphatic carbocycles. The normalized spacial score (nSPS) is 21.2. The van der Waals surface area contributed by atoms with Crippen molar-refractivity contribution in [3.8, 4) is 0 Å². The lowest BCUT2D eigenvalue weighted by molar-refractivity contribution is -0.385. The Labute approximate surface area is 86.4 Å². The first kappa shape index (κ1) is 10.0. The Kier molecular flexibility index (Phi) is 2.89. The standard InChI is InChI=1S/C9H11N3O3/c13-12(14)7-1-2-8(11-5-7)9-6-15-4-3-10-9/h1-2,5,9-10H,3-4,6H2. The maximum absolute atomic E-state index is 10.4. The number of hydrogen-bond acceptors (Lipinski definition) is 5. The van der Waals surface area contributed by atoms with E-state index in [4.69, 9.17) is 4.74 Å². The molecule has 15 heavy (non-hydrogen) atoms. The van der Waals surface area contributed by atoms with E-state index in [1.165, 1.54) is 12.3 Å². The van der Waals surface area contributed by atoms with Gasteiger partial charge in [-0.15, -0.1) is 0 Å². The van der Waals surface area contributed by atoms with Crippen molar-refractivity contribution < 1.29 is 9.66 Å². The molecular weight excluding hydrogens is 198 g/mol. The van der Waals surface area contributed by atoms with E-state index in [1.54, 1.807) is 6.07 Å². The summed E-state index contributed by atoms with van der Waals surface area (Å²) < 4.78 is 5.28. The fourth-order valence-electron chi connectivity index (χ4n) is 1.47. The second-order valence-electron chi connectivity index (χ2n) is 3.28. The minimum atomic E-state index is -0.457. The summed E-state index contributed by atoms with van der Waals surface area (Å²) in [6.07, 6.45) is 1.27. The minimum absolute atomic E-state index is 0.00970. The topological polar surface area (TPSA) is 77.3 Å². The van der Waals surface area contributed by atoms with Crippen LogP contribution in [-0.4, -0.2) is 29.7 Å². The number of nitrogens with zero attached hydrogens (tertiary/aromatic N) is 2. The van der Waals surface area contributed by atoms with E-state index in [0.717, 1.165) is 12.2 Å². The highest BCUT2D eigenvalue weighted by atomic mass is 16.6. The predicted molar refractivity (Wildman–Crippen MR) is 52.5 cm³/mol. The summed E-state index contributed by atoms with van der Waals surface area (Å²) >= 11 is 0. The van der Waals surface area contributed by atoms with Crippen molar-refractivity contribution in [2.24, 2.45) is 0 Å². The van der Waals surface area contributed by atoms with E-state index in [-0.39, 0.29) is 11.7 Å². The van der Waals surface area contributed by atoms with Crippen LogP contribution in [0.15, 0.2) is 18.3 Å². The maximum Gasteiger partial charge on any atom is 0.287 e. The minimum Gasteiger partial charge on any atom is -0.378 e. The quantitative estimate of drug-likeness (QED) is 0.571. The fraction of sp³-hybridized carbons (Fsp3) is 0.444. The van der Waals surface area contributed by atoms with Crippen LogP contribution in [0.3, 0.4) is 0 Å². The monoisotopic (exact) mass is 209 g/mol. The highest BCUT2D eigenvalue weighted by molar-refractivity contribution is 5.27. The Morgan fingerprint density at radius 3 is 3.00 bits per heavy atom. The fourth-order valence-corrected chi connectivity index (χ4v) is 1.47. The summed E-state index contributed by atoms with van der Waals surface area (Å²) in [7, 11) is 0. The average molecular weight is 209 g/mol. The molecule has 1 atom stereocenters. The molecule has 1 saturated heterocycles. The van der Waals surface area contributed by atoms with Crippen LogP contribution in [0.4, 0.5) is 5.69 Å². The molecule has 80 valence electrons. The number of morpholine rings is 1. The molecule has 0 amide bonds. The molecule has 1 aromatic heterocycles. The van der Waals surface area contributed by atoms with Crippen molar-refractivity contribution in [1.29, 1.82) is 0 Å². The van der Waals surface area contributed by atoms with Gasteiger partial charge in [0.15, 0.2) is 0 Å². The summed E-state index contributed by atoms with van der Waals surface area (Å²) in [6, 6.07) is 3.16. The van der Waals surface area contributed by atoms with Crippen molar-refractivity contribution in [2.45, 2.75) is 6.04 Å². The van der Waals surface area contributed by atoms with Crippen LogP contribution in [0.25, 0.3) is 0 Å². The van der Waals surface area contributed by atoms with E-state index in [1.807, 2.05) is 0 Å². The molecule has 1 N–H and O–H groups in total. The number of aromatic nitrogens is 1. The van der Waals surface area contributed by atoms with Crippen LogP contribution < -0.4 is 5.32 Å². The molecule has 2 rings (SSSR count). The van der Waals surface area contributed by atoms with Crippen molar-refractivity contribution >= 4 is 5.69 Å². The Morgan fingerprint density at radius 2 is 2.47 bits per heavy atom. The molecule has 0 radical (unpaired) electrons. The molecule has 1 aromatic rings. The van der Waals surface area contributed by atoms with E-state index >= 15 is 0 Å². The van der Waals surface area contributed by atoms with Gasteiger partial charge in [-0.1, -0.05) is 0 Å². The van der Waals surface area contributed by atoms with Gasteiger partial charge >= 0.3 is 0 Å². The molecule has 0 spiro atoms. The third-order valence-electron chi connectivity index (χ3n) is 2.26. The van der Waals surface area contributed by atoms with Crippen molar-refractivity contribution in [3.05, 3.63) is 34.1 Å². The lowest BCUT2D eigenvalue weighted by atomic mass is 10.2. The molecule has 1 aliphatic heterocycles. The van der Waals surface area contributed by atoms with E-state index in [2.05, 4.69) is 10.3 Å². The van der Waals surface area contributed by atoms with E-state index in [9.17, 15) is 10.1 Å². The number of rotatable bonds is 2. The number of ether oxygens (including phenoxy) is 1. The maximum atomic E-state index is 10.4. The zero-order chi connectivity index (χ0) is 10.7. The van der Waals surface area contributed by atoms with Crippen molar-refractivity contribution in [3.63, 3.8) is 0 Å². The van der Waals surface area contributed by atoms with Crippen LogP contribution >= 0.6 is 0 Å². The number of nitrogens with one attached hydrogen (secondary N) is 1. The molecule has 1 fully saturated rings. The Bertz CT molecular complexity index is 346. The summed E-state index contributed by atoms with van der Waals surface area (Å²) in [6.45, 7) is 2.04. The summed E-state index contributed by atoms with van der Waals surface area (Å²) in [5.41, 5.74) is 0.788. The van der Waals surface area contributed by atoms with Gasteiger partial charge in [0.25, 0.3) is 5.69 Å². The molecule has 6 nitrogen and oxygen atoms in total. The Balaban J connectivity index is 2.11. The Morgan fingerprint density at radius 1 is 1.60 bits per heavy atom. The SMILES string of the molecule is O=[N+]([O-])c1ccc(C2COCCN2)nc1. The van der Waals surface area contributed by atoms with Crippen LogP contribution in [0.1, 0.15) is 11.7 Å². The predicted octanol–water partition coefficient (Wildman–Crippen LogP) is 0.651. The number of nitro groups is 1. The van der Waals surface area contributed by atoms with Crippen molar-refractivity contribution in [2.75, 3.05) is 19.8 Å². The van der Waals surface area contributed by atoms with Gasteiger partial charge in [-0.3, -0.25) is 15.1 Å². The average Bonchev–Trinajstić information content (AvgIpc) is 2.30. The lowest BCUT2D eigenvalue weighted by Gasteiger charge is -2.22. The second kappa shape index (κ2) is 4.33. The van der Waals surface area contributed by atoms with Gasteiger partial charge in [-0.2, -0.15) is 0 Å². The van der Waals surface area contributed by atoms with Crippen LogP contribution in [0.2, 0.25) is 0 Å². The first-order valence-electron chi connectivity index (χ1n) is 4.69. The zero-order valence-electron chi connectivity index (χ0n) is 8.05. The molecule has 6 heteroatoms. The largest absolute Gasteiger partial charge is 0.378 e. The molecule has 0 bridgehead atoms. The van der Waals surface area contributed by atoms with E-state index in [0.29, 0.717) is 13.2 Å². The van der Waals surface area contributed by atoms with Crippen LogP contribution in [-0.2, 0) is 4.74 Å². The highest BCUT2D eigenvalue weighted by Gasteiger charge is 2.17.